The molecule has 15 heteroatoms. The summed E-state index contributed by atoms with van der Waals surface area (Å²) in [4.78, 5) is 67.8. The molecule has 0 saturated carbocycles. The summed E-state index contributed by atoms with van der Waals surface area (Å²) in [5, 5.41) is 9.33. The van der Waals surface area contributed by atoms with Crippen molar-refractivity contribution < 1.29 is 41.5 Å². The highest BCUT2D eigenvalue weighted by Gasteiger charge is 2.58. The maximum atomic E-state index is 13.7. The van der Waals surface area contributed by atoms with E-state index in [0.717, 1.165) is 19.1 Å². The van der Waals surface area contributed by atoms with Gasteiger partial charge in [0, 0.05) is 44.4 Å². The fourth-order valence-corrected chi connectivity index (χ4v) is 5.45. The van der Waals surface area contributed by atoms with Gasteiger partial charge >= 0.3 is 12.2 Å². The molecule has 2 N–H and O–H groups in total. The summed E-state index contributed by atoms with van der Waals surface area (Å²) in [6.45, 7) is -0.817. The highest BCUT2D eigenvalue weighted by Crippen LogP contribution is 2.43. The largest absolute Gasteiger partial charge is 0.408 e. The lowest BCUT2D eigenvalue weighted by Crippen LogP contribution is -2.51. The number of H-pyrrole nitrogens is 1. The van der Waals surface area contributed by atoms with Gasteiger partial charge in [0.2, 0.25) is 11.8 Å². The van der Waals surface area contributed by atoms with Crippen LogP contribution in [0.25, 0.3) is 11.1 Å². The molecule has 1 unspecified atom stereocenters. The molecule has 1 saturated heterocycles. The van der Waals surface area contributed by atoms with Crippen molar-refractivity contribution in [3.8, 4) is 11.1 Å². The van der Waals surface area contributed by atoms with Crippen molar-refractivity contribution in [2.24, 2.45) is 0 Å². The molecule has 45 heavy (non-hydrogen) atoms. The van der Waals surface area contributed by atoms with Crippen LogP contribution >= 0.6 is 0 Å². The maximum absolute atomic E-state index is 13.7. The third-order valence-electron chi connectivity index (χ3n) is 8.05. The molecule has 236 valence electrons. The van der Waals surface area contributed by atoms with Gasteiger partial charge in [0.25, 0.3) is 5.91 Å². The van der Waals surface area contributed by atoms with Crippen molar-refractivity contribution in [2.75, 3.05) is 20.6 Å². The normalized spacial score (nSPS) is 18.3. The molecule has 1 aliphatic heterocycles. The molecule has 1 aromatic heterocycles. The number of Topliss-reactive ketones (excluding diaryl/α,β-unsaturated/α-hetero) is 1. The van der Waals surface area contributed by atoms with Gasteiger partial charge in [0.05, 0.1) is 12.1 Å². The Morgan fingerprint density at radius 2 is 1.73 bits per heavy atom. The van der Waals surface area contributed by atoms with Crippen LogP contribution in [-0.4, -0.2) is 87.3 Å². The van der Waals surface area contributed by atoms with E-state index >= 15 is 0 Å². The van der Waals surface area contributed by atoms with Crippen LogP contribution in [0.15, 0.2) is 48.7 Å². The second kappa shape index (κ2) is 11.4. The van der Waals surface area contributed by atoms with Crippen molar-refractivity contribution in [3.05, 3.63) is 76.9 Å². The van der Waals surface area contributed by atoms with E-state index in [4.69, 9.17) is 0 Å². The third-order valence-corrected chi connectivity index (χ3v) is 8.05. The summed E-state index contributed by atoms with van der Waals surface area (Å²) in [6, 6.07) is 5.78. The number of carbonyl (C=O) groups is 5. The van der Waals surface area contributed by atoms with Crippen molar-refractivity contribution >= 4 is 29.5 Å². The number of fused-ring (bicyclic) bond motifs is 2. The highest BCUT2D eigenvalue weighted by molar-refractivity contribution is 6.17. The van der Waals surface area contributed by atoms with Crippen LogP contribution in [0.4, 0.5) is 22.4 Å². The molecule has 2 atom stereocenters. The van der Waals surface area contributed by atoms with Gasteiger partial charge in [0.1, 0.15) is 18.4 Å². The summed E-state index contributed by atoms with van der Waals surface area (Å²) in [6.07, 6.45) is -3.75. The Bertz CT molecular complexity index is 1700. The molecule has 5 rings (SSSR count). The Balaban J connectivity index is 1.41. The molecule has 1 aliphatic carbocycles. The predicted octanol–water partition coefficient (Wildman–Crippen LogP) is 3.16. The summed E-state index contributed by atoms with van der Waals surface area (Å²) >= 11 is 0. The van der Waals surface area contributed by atoms with Crippen molar-refractivity contribution in [1.29, 1.82) is 0 Å². The number of amides is 5. The summed E-state index contributed by atoms with van der Waals surface area (Å²) in [5.41, 5.74) is 0.163. The molecular formula is C30H28F4N6O5. The minimum atomic E-state index is -4.84. The number of aromatic nitrogens is 2. The minimum Gasteiger partial charge on any atom is -0.348 e. The molecule has 2 heterocycles. The molecule has 0 radical (unpaired) electrons. The van der Waals surface area contributed by atoms with E-state index in [1.807, 2.05) is 0 Å². The molecule has 0 bridgehead atoms. The van der Waals surface area contributed by atoms with Crippen LogP contribution in [0.2, 0.25) is 0 Å². The molecule has 2 aromatic carbocycles. The molecule has 1 spiro atoms. The average Bonchev–Trinajstić information content (AvgIpc) is 3.62. The lowest BCUT2D eigenvalue weighted by Gasteiger charge is -2.32. The van der Waals surface area contributed by atoms with E-state index in [-0.39, 0.29) is 29.0 Å². The molecule has 1 fully saturated rings. The van der Waals surface area contributed by atoms with Crippen molar-refractivity contribution in [3.63, 3.8) is 0 Å². The smallest absolute Gasteiger partial charge is 0.348 e. The van der Waals surface area contributed by atoms with Gasteiger partial charge in [0.15, 0.2) is 11.3 Å². The zero-order valence-corrected chi connectivity index (χ0v) is 24.4. The number of aromatic amines is 1. The Morgan fingerprint density at radius 3 is 2.38 bits per heavy atom. The van der Waals surface area contributed by atoms with Crippen LogP contribution in [0.3, 0.4) is 0 Å². The van der Waals surface area contributed by atoms with E-state index in [1.54, 1.807) is 26.4 Å². The minimum absolute atomic E-state index is 0.0104. The van der Waals surface area contributed by atoms with Gasteiger partial charge in [-0.3, -0.25) is 29.2 Å². The number of nitrogens with one attached hydrogen (secondary N) is 2. The zero-order chi connectivity index (χ0) is 32.8. The average molecular weight is 629 g/mol. The Morgan fingerprint density at radius 1 is 1.04 bits per heavy atom. The van der Waals surface area contributed by atoms with Gasteiger partial charge in [-0.15, -0.1) is 0 Å². The van der Waals surface area contributed by atoms with E-state index in [2.05, 4.69) is 15.5 Å². The number of nitrogens with zero attached hydrogens (tertiary/aromatic N) is 4. The number of alkyl halides is 3. The number of likely N-dealkylation sites (N-methyl/N-ethyl adjacent to an activating group) is 1. The van der Waals surface area contributed by atoms with Gasteiger partial charge in [-0.1, -0.05) is 24.3 Å². The van der Waals surface area contributed by atoms with Crippen LogP contribution in [0.5, 0.6) is 0 Å². The summed E-state index contributed by atoms with van der Waals surface area (Å²) < 4.78 is 54.5. The molecule has 5 amide bonds. The Kier molecular flexibility index (Phi) is 7.97. The Labute approximate surface area is 254 Å². The quantitative estimate of drug-likeness (QED) is 0.291. The number of imide groups is 1. The molecule has 3 aromatic rings. The van der Waals surface area contributed by atoms with Crippen molar-refractivity contribution in [1.82, 2.24) is 30.2 Å². The lowest BCUT2D eigenvalue weighted by molar-refractivity contribution is -0.187. The number of halogens is 4. The number of urea groups is 1. The monoisotopic (exact) mass is 628 g/mol. The first-order valence-corrected chi connectivity index (χ1v) is 13.8. The fraction of sp³-hybridized carbons (Fsp3) is 0.333. The van der Waals surface area contributed by atoms with Gasteiger partial charge in [-0.25, -0.2) is 9.18 Å². The van der Waals surface area contributed by atoms with E-state index in [9.17, 15) is 41.5 Å². The first-order valence-electron chi connectivity index (χ1n) is 13.8. The first-order chi connectivity index (χ1) is 21.1. The van der Waals surface area contributed by atoms with Gasteiger partial charge < -0.3 is 15.1 Å². The number of benzene rings is 2. The van der Waals surface area contributed by atoms with E-state index < -0.39 is 66.7 Å². The number of hydrogen-bond donors (Lipinski definition) is 2. The SMILES string of the molecule is C[C@H](N(Cc1ccc(F)cc1)C(=O)CN1C(=O)NC2(CC(=O)c3cc(-c4c[nH]nc4CC(=O)N(C)C)ccc32)C1=O)C(F)(F)F. The second-order valence-electron chi connectivity index (χ2n) is 11.2. The summed E-state index contributed by atoms with van der Waals surface area (Å²) in [7, 11) is 3.21. The highest BCUT2D eigenvalue weighted by atomic mass is 19.4. The summed E-state index contributed by atoms with van der Waals surface area (Å²) in [5.74, 6) is -3.43. The van der Waals surface area contributed by atoms with Crippen LogP contribution in [-0.2, 0) is 32.9 Å². The van der Waals surface area contributed by atoms with E-state index in [1.165, 1.54) is 29.2 Å². The topological polar surface area (TPSA) is 136 Å². The number of hydrogen-bond acceptors (Lipinski definition) is 6. The molecule has 11 nitrogen and oxygen atoms in total. The van der Waals surface area contributed by atoms with Gasteiger partial charge in [-0.2, -0.15) is 18.3 Å². The fourth-order valence-electron chi connectivity index (χ4n) is 5.45. The second-order valence-corrected chi connectivity index (χ2v) is 11.2. The molecular weight excluding hydrogens is 600 g/mol. The standard InChI is InChI=1S/C30H28F4N6O5/c1-16(30(32,33)34)39(14-17-4-7-19(31)8-5-17)26(43)15-40-27(44)29(36-28(40)45)12-24(41)20-10-18(6-9-22(20)29)21-13-35-37-23(21)11-25(42)38(2)3/h4-10,13,16H,11-12,14-15H2,1-3H3,(H,35,37)(H,36,45)/t16-,29?/m0/s1. The number of ketones is 1. The van der Waals surface area contributed by atoms with Gasteiger partial charge in [-0.05, 0) is 41.8 Å². The van der Waals surface area contributed by atoms with Crippen LogP contribution in [0.1, 0.15) is 40.5 Å². The first kappa shape index (κ1) is 31.3. The zero-order valence-electron chi connectivity index (χ0n) is 24.4. The lowest BCUT2D eigenvalue weighted by atomic mass is 9.90. The van der Waals surface area contributed by atoms with E-state index in [0.29, 0.717) is 26.6 Å². The van der Waals surface area contributed by atoms with Crippen LogP contribution < -0.4 is 5.32 Å². The Hall–Kier alpha value is -5.08. The third kappa shape index (κ3) is 5.77. The predicted molar refractivity (Wildman–Crippen MR) is 150 cm³/mol. The molecule has 2 aliphatic rings. The number of rotatable bonds is 8. The van der Waals surface area contributed by atoms with Crippen LogP contribution in [0, 0.1) is 5.82 Å². The number of carbonyl (C=O) groups excluding carboxylic acids is 5. The van der Waals surface area contributed by atoms with Crippen molar-refractivity contribution in [2.45, 2.75) is 44.1 Å². The maximum Gasteiger partial charge on any atom is 0.408 e.